The minimum Gasteiger partial charge on any atom is -0.284 e. The molecule has 2 heterocycles. The molecule has 0 spiro atoms. The third-order valence-corrected chi connectivity index (χ3v) is 5.29. The fourth-order valence-corrected chi connectivity index (χ4v) is 4.06. The third-order valence-electron chi connectivity index (χ3n) is 3.88. The number of nitro groups is 1. The van der Waals surface area contributed by atoms with Crippen LogP contribution in [0, 0.1) is 10.1 Å². The van der Waals surface area contributed by atoms with Crippen LogP contribution in [0.25, 0.3) is 0 Å². The first kappa shape index (κ1) is 16.8. The molecular weight excluding hydrogens is 310 g/mol. The van der Waals surface area contributed by atoms with Gasteiger partial charge in [0.15, 0.2) is 0 Å². The SMILES string of the molecule is CCN(C1CCN(Cn2cc([N+](=O)[O-])cn2)CC1)S(C)(=O)=O. The van der Waals surface area contributed by atoms with Crippen molar-refractivity contribution >= 4 is 15.7 Å². The maximum atomic E-state index is 11.7. The molecule has 10 heteroatoms. The number of aromatic nitrogens is 2. The summed E-state index contributed by atoms with van der Waals surface area (Å²) in [5.41, 5.74) is -0.0240. The molecule has 0 bridgehead atoms. The minimum atomic E-state index is -3.17. The number of hydrogen-bond donors (Lipinski definition) is 0. The van der Waals surface area contributed by atoms with Crippen molar-refractivity contribution in [3.05, 3.63) is 22.5 Å². The summed E-state index contributed by atoms with van der Waals surface area (Å²) in [7, 11) is -3.17. The van der Waals surface area contributed by atoms with Gasteiger partial charge in [0.1, 0.15) is 12.4 Å². The standard InChI is InChI=1S/C12H21N5O4S/c1-3-16(22(2,20)21)11-4-6-14(7-5-11)10-15-9-12(8-13-15)17(18)19/h8-9,11H,3-7,10H2,1-2H3. The van der Waals surface area contributed by atoms with E-state index in [0.29, 0.717) is 13.2 Å². The molecule has 0 aromatic carbocycles. The van der Waals surface area contributed by atoms with E-state index >= 15 is 0 Å². The van der Waals surface area contributed by atoms with Crippen LogP contribution in [0.2, 0.25) is 0 Å². The Morgan fingerprint density at radius 3 is 2.55 bits per heavy atom. The summed E-state index contributed by atoms with van der Waals surface area (Å²) >= 11 is 0. The molecule has 1 fully saturated rings. The van der Waals surface area contributed by atoms with Gasteiger partial charge in [-0.25, -0.2) is 8.42 Å². The lowest BCUT2D eigenvalue weighted by molar-refractivity contribution is -0.385. The van der Waals surface area contributed by atoms with Crippen molar-refractivity contribution in [2.45, 2.75) is 32.5 Å². The lowest BCUT2D eigenvalue weighted by Crippen LogP contribution is -2.47. The van der Waals surface area contributed by atoms with Gasteiger partial charge in [-0.15, -0.1) is 0 Å². The highest BCUT2D eigenvalue weighted by molar-refractivity contribution is 7.88. The van der Waals surface area contributed by atoms with E-state index in [0.717, 1.165) is 25.9 Å². The molecule has 9 nitrogen and oxygen atoms in total. The summed E-state index contributed by atoms with van der Waals surface area (Å²) in [5, 5.41) is 14.6. The Hall–Kier alpha value is -1.52. The van der Waals surface area contributed by atoms with Gasteiger partial charge >= 0.3 is 5.69 Å². The van der Waals surface area contributed by atoms with Gasteiger partial charge in [0, 0.05) is 25.7 Å². The van der Waals surface area contributed by atoms with Crippen LogP contribution in [0.4, 0.5) is 5.69 Å². The zero-order valence-corrected chi connectivity index (χ0v) is 13.6. The second-order valence-corrected chi connectivity index (χ2v) is 7.39. The fraction of sp³-hybridized carbons (Fsp3) is 0.750. The largest absolute Gasteiger partial charge is 0.307 e. The van der Waals surface area contributed by atoms with Crippen molar-refractivity contribution in [1.82, 2.24) is 19.0 Å². The molecular formula is C12H21N5O4S. The Balaban J connectivity index is 1.90. The number of hydrogen-bond acceptors (Lipinski definition) is 6. The third kappa shape index (κ3) is 4.02. The number of sulfonamides is 1. The molecule has 1 aliphatic heterocycles. The fourth-order valence-electron chi connectivity index (χ4n) is 2.84. The smallest absolute Gasteiger partial charge is 0.284 e. The zero-order chi connectivity index (χ0) is 16.3. The average Bonchev–Trinajstić information content (AvgIpc) is 2.89. The molecule has 0 amide bonds. The summed E-state index contributed by atoms with van der Waals surface area (Å²) in [6.45, 7) is 4.28. The number of nitrogens with zero attached hydrogens (tertiary/aromatic N) is 5. The van der Waals surface area contributed by atoms with E-state index < -0.39 is 14.9 Å². The first-order valence-corrected chi connectivity index (χ1v) is 9.02. The van der Waals surface area contributed by atoms with E-state index in [-0.39, 0.29) is 11.7 Å². The predicted molar refractivity (Wildman–Crippen MR) is 80.7 cm³/mol. The number of likely N-dealkylation sites (tertiary alicyclic amines) is 1. The molecule has 1 aromatic rings. The van der Waals surface area contributed by atoms with E-state index in [9.17, 15) is 18.5 Å². The molecule has 0 aliphatic carbocycles. The van der Waals surface area contributed by atoms with Crippen molar-refractivity contribution in [2.75, 3.05) is 25.9 Å². The minimum absolute atomic E-state index is 0.0240. The van der Waals surface area contributed by atoms with Crippen LogP contribution in [0.5, 0.6) is 0 Å². The highest BCUT2D eigenvalue weighted by Gasteiger charge is 2.29. The van der Waals surface area contributed by atoms with Crippen molar-refractivity contribution < 1.29 is 13.3 Å². The number of rotatable bonds is 6. The van der Waals surface area contributed by atoms with E-state index in [1.54, 1.807) is 4.31 Å². The van der Waals surface area contributed by atoms with Crippen LogP contribution in [0.3, 0.4) is 0 Å². The van der Waals surface area contributed by atoms with Gasteiger partial charge in [0.25, 0.3) is 0 Å². The van der Waals surface area contributed by atoms with Crippen LogP contribution in [0.1, 0.15) is 19.8 Å². The maximum Gasteiger partial charge on any atom is 0.307 e. The second kappa shape index (κ2) is 6.71. The molecule has 0 radical (unpaired) electrons. The lowest BCUT2D eigenvalue weighted by atomic mass is 10.1. The van der Waals surface area contributed by atoms with Crippen LogP contribution < -0.4 is 0 Å². The molecule has 1 aromatic heterocycles. The molecule has 124 valence electrons. The van der Waals surface area contributed by atoms with Gasteiger partial charge in [-0.2, -0.15) is 9.40 Å². The first-order valence-electron chi connectivity index (χ1n) is 7.17. The Morgan fingerprint density at radius 1 is 1.45 bits per heavy atom. The Kier molecular flexibility index (Phi) is 5.14. The Bertz CT molecular complexity index is 621. The van der Waals surface area contributed by atoms with Crippen molar-refractivity contribution in [1.29, 1.82) is 0 Å². The van der Waals surface area contributed by atoms with Gasteiger partial charge in [-0.3, -0.25) is 19.7 Å². The van der Waals surface area contributed by atoms with E-state index in [1.807, 2.05) is 6.92 Å². The van der Waals surface area contributed by atoms with Crippen molar-refractivity contribution in [3.8, 4) is 0 Å². The molecule has 1 saturated heterocycles. The molecule has 2 rings (SSSR count). The molecule has 0 N–H and O–H groups in total. The molecule has 0 saturated carbocycles. The molecule has 1 aliphatic rings. The van der Waals surface area contributed by atoms with Gasteiger partial charge in [0.05, 0.1) is 17.8 Å². The lowest BCUT2D eigenvalue weighted by Gasteiger charge is -2.36. The van der Waals surface area contributed by atoms with Crippen LogP contribution in [-0.4, -0.2) is 64.3 Å². The van der Waals surface area contributed by atoms with E-state index in [4.69, 9.17) is 0 Å². The Morgan fingerprint density at radius 2 is 2.09 bits per heavy atom. The van der Waals surface area contributed by atoms with Gasteiger partial charge in [0.2, 0.25) is 10.0 Å². The first-order chi connectivity index (χ1) is 10.3. The van der Waals surface area contributed by atoms with Gasteiger partial charge in [-0.05, 0) is 12.8 Å². The summed E-state index contributed by atoms with van der Waals surface area (Å²) in [5.74, 6) is 0. The highest BCUT2D eigenvalue weighted by atomic mass is 32.2. The second-order valence-electron chi connectivity index (χ2n) is 5.45. The predicted octanol–water partition coefficient (Wildman–Crippen LogP) is 0.495. The van der Waals surface area contributed by atoms with E-state index in [2.05, 4.69) is 10.00 Å². The van der Waals surface area contributed by atoms with Crippen molar-refractivity contribution in [2.24, 2.45) is 0 Å². The topological polar surface area (TPSA) is 102 Å². The monoisotopic (exact) mass is 331 g/mol. The summed E-state index contributed by atoms with van der Waals surface area (Å²) in [4.78, 5) is 12.3. The van der Waals surface area contributed by atoms with Gasteiger partial charge in [-0.1, -0.05) is 6.92 Å². The zero-order valence-electron chi connectivity index (χ0n) is 12.8. The van der Waals surface area contributed by atoms with Crippen molar-refractivity contribution in [3.63, 3.8) is 0 Å². The van der Waals surface area contributed by atoms with Gasteiger partial charge < -0.3 is 0 Å². The Labute approximate surface area is 129 Å². The quantitative estimate of drug-likeness (QED) is 0.555. The number of piperidine rings is 1. The normalized spacial score (nSPS) is 18.0. The summed E-state index contributed by atoms with van der Waals surface area (Å²) in [6, 6.07) is 0.0307. The maximum absolute atomic E-state index is 11.7. The average molecular weight is 331 g/mol. The molecule has 0 unspecified atom stereocenters. The van der Waals surface area contributed by atoms with Crippen LogP contribution in [0.15, 0.2) is 12.4 Å². The summed E-state index contributed by atoms with van der Waals surface area (Å²) in [6.07, 6.45) is 5.39. The van der Waals surface area contributed by atoms with Crippen LogP contribution in [-0.2, 0) is 16.7 Å². The summed E-state index contributed by atoms with van der Waals surface area (Å²) < 4.78 is 26.5. The van der Waals surface area contributed by atoms with E-state index in [1.165, 1.54) is 23.3 Å². The van der Waals surface area contributed by atoms with Crippen LogP contribution >= 0.6 is 0 Å². The molecule has 0 atom stereocenters. The molecule has 22 heavy (non-hydrogen) atoms. The highest BCUT2D eigenvalue weighted by Crippen LogP contribution is 2.19.